The van der Waals surface area contributed by atoms with Crippen LogP contribution in [0.3, 0.4) is 0 Å². The lowest BCUT2D eigenvalue weighted by molar-refractivity contribution is -0.384. The van der Waals surface area contributed by atoms with Crippen LogP contribution in [0.25, 0.3) is 0 Å². The van der Waals surface area contributed by atoms with Gasteiger partial charge in [-0.2, -0.15) is 0 Å². The number of rotatable bonds is 5. The summed E-state index contributed by atoms with van der Waals surface area (Å²) in [6.45, 7) is 4.27. The number of hydrogen-bond acceptors (Lipinski definition) is 4. The Kier molecular flexibility index (Phi) is 4.11. The quantitative estimate of drug-likeness (QED) is 0.634. The second kappa shape index (κ2) is 5.79. The van der Waals surface area contributed by atoms with Crippen LogP contribution in [0, 0.1) is 10.1 Å². The first-order valence-electron chi connectivity index (χ1n) is 6.35. The van der Waals surface area contributed by atoms with E-state index in [2.05, 4.69) is 5.32 Å². The fourth-order valence-corrected chi connectivity index (χ4v) is 2.19. The topological polar surface area (TPSA) is 75.5 Å². The lowest BCUT2D eigenvalue weighted by atomic mass is 10.1. The second-order valence-corrected chi connectivity index (χ2v) is 4.60. The standard InChI is InChI=1S/C13H17N3O3/c1-2-15(12-8-14-9-12)13(17)7-10-4-3-5-11(6-10)16(18)19/h3-6,12,14H,2,7-9H2,1H3. The Morgan fingerprint density at radius 3 is 2.79 bits per heavy atom. The predicted molar refractivity (Wildman–Crippen MR) is 70.8 cm³/mol. The third-order valence-corrected chi connectivity index (χ3v) is 3.34. The molecule has 1 aliphatic rings. The van der Waals surface area contributed by atoms with E-state index in [0.29, 0.717) is 12.1 Å². The molecule has 19 heavy (non-hydrogen) atoms. The molecular weight excluding hydrogens is 246 g/mol. The molecule has 1 amide bonds. The van der Waals surface area contributed by atoms with E-state index in [1.165, 1.54) is 12.1 Å². The highest BCUT2D eigenvalue weighted by atomic mass is 16.6. The van der Waals surface area contributed by atoms with E-state index in [4.69, 9.17) is 0 Å². The largest absolute Gasteiger partial charge is 0.337 e. The van der Waals surface area contributed by atoms with Gasteiger partial charge in [0.1, 0.15) is 0 Å². The van der Waals surface area contributed by atoms with Crippen LogP contribution in [-0.2, 0) is 11.2 Å². The Bertz CT molecular complexity index is 486. The molecule has 1 N–H and O–H groups in total. The van der Waals surface area contributed by atoms with Crippen LogP contribution < -0.4 is 5.32 Å². The molecule has 0 atom stereocenters. The molecule has 6 heteroatoms. The lowest BCUT2D eigenvalue weighted by Gasteiger charge is -2.37. The summed E-state index contributed by atoms with van der Waals surface area (Å²) in [5, 5.41) is 13.8. The molecule has 0 aromatic heterocycles. The van der Waals surface area contributed by atoms with E-state index in [1.54, 1.807) is 12.1 Å². The molecule has 2 rings (SSSR count). The highest BCUT2D eigenvalue weighted by Crippen LogP contribution is 2.15. The zero-order valence-electron chi connectivity index (χ0n) is 10.8. The molecule has 102 valence electrons. The van der Waals surface area contributed by atoms with Crippen LogP contribution >= 0.6 is 0 Å². The molecule has 6 nitrogen and oxygen atoms in total. The van der Waals surface area contributed by atoms with E-state index in [-0.39, 0.29) is 24.1 Å². The Morgan fingerprint density at radius 2 is 2.26 bits per heavy atom. The second-order valence-electron chi connectivity index (χ2n) is 4.60. The normalized spacial score (nSPS) is 14.8. The van der Waals surface area contributed by atoms with Crippen LogP contribution in [0.2, 0.25) is 0 Å². The third kappa shape index (κ3) is 3.08. The third-order valence-electron chi connectivity index (χ3n) is 3.34. The molecule has 1 heterocycles. The number of nitrogens with zero attached hydrogens (tertiary/aromatic N) is 2. The van der Waals surface area contributed by atoms with Crippen molar-refractivity contribution >= 4 is 11.6 Å². The van der Waals surface area contributed by atoms with Gasteiger partial charge in [0.25, 0.3) is 5.69 Å². The summed E-state index contributed by atoms with van der Waals surface area (Å²) in [6.07, 6.45) is 0.214. The monoisotopic (exact) mass is 263 g/mol. The zero-order valence-corrected chi connectivity index (χ0v) is 10.8. The van der Waals surface area contributed by atoms with Crippen molar-refractivity contribution < 1.29 is 9.72 Å². The van der Waals surface area contributed by atoms with Gasteiger partial charge in [-0.05, 0) is 12.5 Å². The van der Waals surface area contributed by atoms with Gasteiger partial charge in [0.2, 0.25) is 5.91 Å². The van der Waals surface area contributed by atoms with Crippen LogP contribution in [0.15, 0.2) is 24.3 Å². The van der Waals surface area contributed by atoms with Gasteiger partial charge in [-0.3, -0.25) is 14.9 Å². The number of likely N-dealkylation sites (N-methyl/N-ethyl adjacent to an activating group) is 1. The molecule has 1 aromatic rings. The summed E-state index contributed by atoms with van der Waals surface area (Å²) < 4.78 is 0. The zero-order chi connectivity index (χ0) is 13.8. The highest BCUT2D eigenvalue weighted by Gasteiger charge is 2.27. The van der Waals surface area contributed by atoms with Gasteiger partial charge < -0.3 is 10.2 Å². The minimum Gasteiger partial charge on any atom is -0.337 e. The van der Waals surface area contributed by atoms with E-state index < -0.39 is 4.92 Å². The Labute approximate surface area is 111 Å². The molecule has 1 aliphatic heterocycles. The minimum absolute atomic E-state index is 0.0227. The molecule has 1 aromatic carbocycles. The van der Waals surface area contributed by atoms with E-state index in [1.807, 2.05) is 11.8 Å². The maximum atomic E-state index is 12.2. The van der Waals surface area contributed by atoms with Crippen molar-refractivity contribution in [3.05, 3.63) is 39.9 Å². The van der Waals surface area contributed by atoms with Crippen molar-refractivity contribution in [2.45, 2.75) is 19.4 Å². The molecule has 1 saturated heterocycles. The number of non-ortho nitro benzene ring substituents is 1. The van der Waals surface area contributed by atoms with Crippen molar-refractivity contribution in [3.8, 4) is 0 Å². The van der Waals surface area contributed by atoms with Crippen molar-refractivity contribution in [1.82, 2.24) is 10.2 Å². The summed E-state index contributed by atoms with van der Waals surface area (Å²) in [4.78, 5) is 24.3. The van der Waals surface area contributed by atoms with Crippen LogP contribution in [0.4, 0.5) is 5.69 Å². The summed E-state index contributed by atoms with van der Waals surface area (Å²) in [5.74, 6) is 0.0227. The molecule has 0 spiro atoms. The van der Waals surface area contributed by atoms with E-state index >= 15 is 0 Å². The lowest BCUT2D eigenvalue weighted by Crippen LogP contribution is -2.59. The number of hydrogen-bond donors (Lipinski definition) is 1. The first kappa shape index (κ1) is 13.5. The molecule has 0 unspecified atom stereocenters. The average molecular weight is 263 g/mol. The summed E-state index contributed by atoms with van der Waals surface area (Å²) in [7, 11) is 0. The highest BCUT2D eigenvalue weighted by molar-refractivity contribution is 5.79. The smallest absolute Gasteiger partial charge is 0.269 e. The Hall–Kier alpha value is -1.95. The maximum Gasteiger partial charge on any atom is 0.269 e. The van der Waals surface area contributed by atoms with Gasteiger partial charge in [0.15, 0.2) is 0 Å². The number of amides is 1. The SMILES string of the molecule is CCN(C(=O)Cc1cccc([N+](=O)[O-])c1)C1CNC1. The number of benzene rings is 1. The Morgan fingerprint density at radius 1 is 1.53 bits per heavy atom. The summed E-state index contributed by atoms with van der Waals surface area (Å²) in [6, 6.07) is 6.52. The fraction of sp³-hybridized carbons (Fsp3) is 0.462. The number of nitro groups is 1. The van der Waals surface area contributed by atoms with Gasteiger partial charge >= 0.3 is 0 Å². The van der Waals surface area contributed by atoms with Gasteiger partial charge in [0.05, 0.1) is 17.4 Å². The first-order valence-corrected chi connectivity index (χ1v) is 6.35. The van der Waals surface area contributed by atoms with Crippen molar-refractivity contribution in [2.24, 2.45) is 0 Å². The molecule has 0 radical (unpaired) electrons. The van der Waals surface area contributed by atoms with Gasteiger partial charge in [0, 0.05) is 31.8 Å². The fourth-order valence-electron chi connectivity index (χ4n) is 2.19. The van der Waals surface area contributed by atoms with Crippen LogP contribution in [0.5, 0.6) is 0 Å². The molecular formula is C13H17N3O3. The first-order chi connectivity index (χ1) is 9.11. The Balaban J connectivity index is 2.05. The number of carbonyl (C=O) groups excluding carboxylic acids is 1. The van der Waals surface area contributed by atoms with Crippen LogP contribution in [-0.4, -0.2) is 41.4 Å². The van der Waals surface area contributed by atoms with Gasteiger partial charge in [-0.25, -0.2) is 0 Å². The van der Waals surface area contributed by atoms with Crippen molar-refractivity contribution in [2.75, 3.05) is 19.6 Å². The molecule has 1 fully saturated rings. The van der Waals surface area contributed by atoms with Crippen molar-refractivity contribution in [1.29, 1.82) is 0 Å². The average Bonchev–Trinajstić information content (AvgIpc) is 2.33. The van der Waals surface area contributed by atoms with E-state index in [0.717, 1.165) is 13.1 Å². The van der Waals surface area contributed by atoms with Gasteiger partial charge in [-0.1, -0.05) is 12.1 Å². The number of carbonyl (C=O) groups is 1. The predicted octanol–water partition coefficient (Wildman–Crippen LogP) is 0.958. The van der Waals surface area contributed by atoms with Crippen LogP contribution in [0.1, 0.15) is 12.5 Å². The molecule has 0 saturated carbocycles. The summed E-state index contributed by atoms with van der Waals surface area (Å²) >= 11 is 0. The number of nitrogens with one attached hydrogen (secondary N) is 1. The summed E-state index contributed by atoms with van der Waals surface area (Å²) in [5.41, 5.74) is 0.712. The molecule has 0 bridgehead atoms. The molecule has 0 aliphatic carbocycles. The van der Waals surface area contributed by atoms with E-state index in [9.17, 15) is 14.9 Å². The van der Waals surface area contributed by atoms with Gasteiger partial charge in [-0.15, -0.1) is 0 Å². The minimum atomic E-state index is -0.443. The number of nitro benzene ring substituents is 1. The maximum absolute atomic E-state index is 12.2. The van der Waals surface area contributed by atoms with Crippen molar-refractivity contribution in [3.63, 3.8) is 0 Å².